The van der Waals surface area contributed by atoms with Gasteiger partial charge in [0.25, 0.3) is 0 Å². The monoisotopic (exact) mass is 498 g/mol. The maximum absolute atomic E-state index is 2.69. The summed E-state index contributed by atoms with van der Waals surface area (Å²) >= 11 is 0. The van der Waals surface area contributed by atoms with Gasteiger partial charge in [-0.3, -0.25) is 0 Å². The highest BCUT2D eigenvalue weighted by atomic mass is 15.2. The average Bonchev–Trinajstić information content (AvgIpc) is 2.95. The van der Waals surface area contributed by atoms with Gasteiger partial charge < -0.3 is 9.71 Å². The molecule has 0 fully saturated rings. The molecule has 0 N–H and O–H groups in total. The van der Waals surface area contributed by atoms with Crippen molar-refractivity contribution in [2.24, 2.45) is 0 Å². The Hall–Kier alpha value is -4.24. The molecule has 0 saturated carbocycles. The van der Waals surface area contributed by atoms with Gasteiger partial charge in [-0.1, -0.05) is 107 Å². The van der Waals surface area contributed by atoms with Crippen molar-refractivity contribution >= 4 is 46.2 Å². The number of rotatable bonds is 0. The molecule has 0 radical (unpaired) electrons. The molecule has 0 spiro atoms. The second-order valence-electron chi connectivity index (χ2n) is 12.9. The molecule has 5 aromatic carbocycles. The largest absolute Gasteiger partial charge is 0.376 e. The Bertz CT molecular complexity index is 1860. The summed E-state index contributed by atoms with van der Waals surface area (Å²) in [5, 5.41) is 0. The number of fused-ring (bicyclic) bond motifs is 6. The third-order valence-electron chi connectivity index (χ3n) is 10.5. The fraction of sp³-hybridized carbons (Fsp3) is 0.167. The Labute approximate surface area is 229 Å². The topological polar surface area (TPSA) is 6.48 Å². The normalized spacial score (nSPS) is 18.0. The lowest BCUT2D eigenvalue weighted by Gasteiger charge is -2.56. The predicted octanol–water partition coefficient (Wildman–Crippen LogP) is 7.65. The second kappa shape index (κ2) is 6.15. The zero-order valence-electron chi connectivity index (χ0n) is 22.6. The molecule has 5 aromatic rings. The van der Waals surface area contributed by atoms with Gasteiger partial charge in [0.2, 0.25) is 0 Å². The van der Waals surface area contributed by atoms with E-state index in [0.717, 1.165) is 0 Å². The summed E-state index contributed by atoms with van der Waals surface area (Å²) in [6, 6.07) is 34.8. The highest BCUT2D eigenvalue weighted by Crippen LogP contribution is 2.63. The van der Waals surface area contributed by atoms with Crippen LogP contribution in [0.1, 0.15) is 49.9 Å². The standard InChI is InChI=1S/C36H27BN2/c1-35(2)24-12-9-13-25-32(24)38-33-26(35)18-16-22-20-10-5-7-14-28(20)39-29-15-8-6-11-21(29)23-17-19-27(36(25,3)4)34(38)31(23)37(39)30(22)33/h5-19H,1-4H3. The van der Waals surface area contributed by atoms with E-state index in [-0.39, 0.29) is 17.7 Å². The van der Waals surface area contributed by atoms with Gasteiger partial charge in [0.15, 0.2) is 0 Å². The number of hydrogen-bond acceptors (Lipinski definition) is 2. The minimum atomic E-state index is -0.0940. The van der Waals surface area contributed by atoms with E-state index in [4.69, 9.17) is 0 Å². The summed E-state index contributed by atoms with van der Waals surface area (Å²) in [6.07, 6.45) is 0. The summed E-state index contributed by atoms with van der Waals surface area (Å²) in [4.78, 5) is 5.35. The molecule has 0 amide bonds. The Morgan fingerprint density at radius 2 is 0.923 bits per heavy atom. The van der Waals surface area contributed by atoms with Crippen molar-refractivity contribution in [2.45, 2.75) is 38.5 Å². The Morgan fingerprint density at radius 1 is 0.462 bits per heavy atom. The molecule has 0 aliphatic carbocycles. The van der Waals surface area contributed by atoms with E-state index in [2.05, 4.69) is 128 Å². The summed E-state index contributed by atoms with van der Waals surface area (Å²) in [6.45, 7) is 9.86. The molecule has 0 unspecified atom stereocenters. The van der Waals surface area contributed by atoms with Gasteiger partial charge in [-0.2, -0.15) is 0 Å². The van der Waals surface area contributed by atoms with Crippen LogP contribution in [0.25, 0.3) is 22.3 Å². The zero-order chi connectivity index (χ0) is 26.0. The maximum Gasteiger partial charge on any atom is 0.333 e. The molecule has 5 aliphatic rings. The molecular weight excluding hydrogens is 471 g/mol. The molecule has 3 heteroatoms. The fourth-order valence-corrected chi connectivity index (χ4v) is 8.78. The minimum absolute atomic E-state index is 0.0940. The Balaban J connectivity index is 1.49. The van der Waals surface area contributed by atoms with Crippen molar-refractivity contribution in [3.8, 4) is 22.3 Å². The molecule has 184 valence electrons. The van der Waals surface area contributed by atoms with Crippen LogP contribution < -0.4 is 20.6 Å². The smallest absolute Gasteiger partial charge is 0.333 e. The Kier molecular flexibility index (Phi) is 3.26. The average molecular weight is 498 g/mol. The molecule has 5 heterocycles. The van der Waals surface area contributed by atoms with Gasteiger partial charge in [-0.05, 0) is 56.4 Å². The van der Waals surface area contributed by atoms with Gasteiger partial charge in [-0.25, -0.2) is 0 Å². The molecule has 39 heavy (non-hydrogen) atoms. The first-order valence-electron chi connectivity index (χ1n) is 14.2. The molecule has 5 aliphatic heterocycles. The molecule has 0 saturated heterocycles. The van der Waals surface area contributed by atoms with Gasteiger partial charge in [-0.15, -0.1) is 0 Å². The first kappa shape index (κ1) is 20.7. The van der Waals surface area contributed by atoms with E-state index in [1.807, 2.05) is 0 Å². The lowest BCUT2D eigenvalue weighted by atomic mass is 9.39. The van der Waals surface area contributed by atoms with Crippen LogP contribution in [0.4, 0.5) is 28.4 Å². The van der Waals surface area contributed by atoms with Crippen LogP contribution in [-0.2, 0) is 10.8 Å². The van der Waals surface area contributed by atoms with Crippen LogP contribution in [0.2, 0.25) is 0 Å². The van der Waals surface area contributed by atoms with E-state index in [1.165, 1.54) is 83.9 Å². The van der Waals surface area contributed by atoms with E-state index < -0.39 is 0 Å². The van der Waals surface area contributed by atoms with Crippen LogP contribution in [0, 0.1) is 0 Å². The van der Waals surface area contributed by atoms with Gasteiger partial charge in [0.05, 0.1) is 5.69 Å². The predicted molar refractivity (Wildman–Crippen MR) is 163 cm³/mol. The number of hydrogen-bond donors (Lipinski definition) is 0. The lowest BCUT2D eigenvalue weighted by Crippen LogP contribution is -2.65. The summed E-state index contributed by atoms with van der Waals surface area (Å²) in [7, 11) is 0. The highest BCUT2D eigenvalue weighted by molar-refractivity contribution is 6.95. The van der Waals surface area contributed by atoms with Crippen molar-refractivity contribution in [3.63, 3.8) is 0 Å². The van der Waals surface area contributed by atoms with Gasteiger partial charge >= 0.3 is 6.85 Å². The first-order valence-corrected chi connectivity index (χ1v) is 14.2. The van der Waals surface area contributed by atoms with Crippen molar-refractivity contribution in [2.75, 3.05) is 9.71 Å². The van der Waals surface area contributed by atoms with Crippen LogP contribution in [0.5, 0.6) is 0 Å². The third-order valence-corrected chi connectivity index (χ3v) is 10.5. The fourth-order valence-electron chi connectivity index (χ4n) is 8.78. The number of benzene rings is 5. The number of anilines is 5. The summed E-state index contributed by atoms with van der Waals surface area (Å²) in [5.41, 5.74) is 20.8. The van der Waals surface area contributed by atoms with Crippen molar-refractivity contribution in [1.82, 2.24) is 0 Å². The van der Waals surface area contributed by atoms with Crippen molar-refractivity contribution in [3.05, 3.63) is 113 Å². The zero-order valence-corrected chi connectivity index (χ0v) is 22.6. The summed E-state index contributed by atoms with van der Waals surface area (Å²) in [5.74, 6) is 0. The van der Waals surface area contributed by atoms with Crippen LogP contribution in [0.15, 0.2) is 91.0 Å². The molecule has 10 rings (SSSR count). The third kappa shape index (κ3) is 2.02. The van der Waals surface area contributed by atoms with Crippen molar-refractivity contribution in [1.29, 1.82) is 0 Å². The van der Waals surface area contributed by atoms with Gasteiger partial charge in [0, 0.05) is 44.7 Å². The highest BCUT2D eigenvalue weighted by Gasteiger charge is 2.56. The SMILES string of the molecule is CC1(C)c2cccc3c2N2c4c1ccc1c4B4c5c(ccc(c52)C3(C)C)-c2ccccc2N4c2ccccc2-1. The lowest BCUT2D eigenvalue weighted by molar-refractivity contribution is 0.598. The van der Waals surface area contributed by atoms with Crippen molar-refractivity contribution < 1.29 is 0 Å². The number of nitrogens with zero attached hydrogens (tertiary/aromatic N) is 2. The molecule has 0 bridgehead atoms. The second-order valence-corrected chi connectivity index (χ2v) is 12.9. The van der Waals surface area contributed by atoms with E-state index >= 15 is 0 Å². The van der Waals surface area contributed by atoms with E-state index in [1.54, 1.807) is 0 Å². The Morgan fingerprint density at radius 3 is 1.44 bits per heavy atom. The summed E-state index contributed by atoms with van der Waals surface area (Å²) < 4.78 is 0. The van der Waals surface area contributed by atoms with Crippen LogP contribution in [-0.4, -0.2) is 6.85 Å². The van der Waals surface area contributed by atoms with Crippen LogP contribution >= 0.6 is 0 Å². The van der Waals surface area contributed by atoms with Crippen LogP contribution in [0.3, 0.4) is 0 Å². The minimum Gasteiger partial charge on any atom is -0.376 e. The van der Waals surface area contributed by atoms with E-state index in [9.17, 15) is 0 Å². The van der Waals surface area contributed by atoms with Gasteiger partial charge in [0.1, 0.15) is 0 Å². The maximum atomic E-state index is 2.69. The molecule has 0 atom stereocenters. The van der Waals surface area contributed by atoms with E-state index in [0.29, 0.717) is 0 Å². The molecule has 0 aromatic heterocycles. The first-order chi connectivity index (χ1) is 18.9. The number of para-hydroxylation sites is 3. The molecule has 2 nitrogen and oxygen atoms in total. The molecular formula is C36H27BN2. The quantitative estimate of drug-likeness (QED) is 0.202.